The fraction of sp³-hybridized carbons (Fsp3) is 0.680. The molecule has 3 amide bonds. The lowest BCUT2D eigenvalue weighted by atomic mass is 10.0. The molecule has 3 aliphatic rings. The number of ether oxygens (including phenoxy) is 1. The summed E-state index contributed by atoms with van der Waals surface area (Å²) in [7, 11) is 1.87. The average molecular weight is 577 g/mol. The molecule has 5 heterocycles. The van der Waals surface area contributed by atoms with Gasteiger partial charge in [0.15, 0.2) is 17.0 Å². The topological polar surface area (TPSA) is 184 Å². The van der Waals surface area contributed by atoms with E-state index in [-0.39, 0.29) is 30.4 Å². The second-order valence-electron chi connectivity index (χ2n) is 10.7. The first-order valence-corrected chi connectivity index (χ1v) is 14.7. The Labute approximate surface area is 235 Å². The average Bonchev–Trinajstić information content (AvgIpc) is 3.66. The van der Waals surface area contributed by atoms with E-state index in [0.29, 0.717) is 54.6 Å². The number of anilines is 1. The molecule has 5 N–H and O–H groups in total. The number of nitrogens with zero attached hydrogens (tertiary/aromatic N) is 5. The molecule has 5 rings (SSSR count). The van der Waals surface area contributed by atoms with Gasteiger partial charge in [-0.1, -0.05) is 6.42 Å². The van der Waals surface area contributed by atoms with Crippen LogP contribution in [0.1, 0.15) is 51.2 Å². The van der Waals surface area contributed by atoms with Crippen molar-refractivity contribution < 1.29 is 29.3 Å². The summed E-state index contributed by atoms with van der Waals surface area (Å²) < 4.78 is 7.86. The zero-order chi connectivity index (χ0) is 28.2. The number of aliphatic carboxylic acids is 1. The van der Waals surface area contributed by atoms with Crippen molar-refractivity contribution in [3.8, 4) is 0 Å². The van der Waals surface area contributed by atoms with Gasteiger partial charge in [0.05, 0.1) is 30.6 Å². The van der Waals surface area contributed by atoms with Gasteiger partial charge < -0.3 is 35.8 Å². The van der Waals surface area contributed by atoms with Gasteiger partial charge in [-0.15, -0.1) is 0 Å². The number of aromatic nitrogens is 4. The summed E-state index contributed by atoms with van der Waals surface area (Å²) in [6.07, 6.45) is 5.20. The molecule has 2 aromatic rings. The highest BCUT2D eigenvalue weighted by molar-refractivity contribution is 8.00. The smallest absolute Gasteiger partial charge is 0.315 e. The van der Waals surface area contributed by atoms with Crippen molar-refractivity contribution in [2.45, 2.75) is 80.7 Å². The molecule has 40 heavy (non-hydrogen) atoms. The minimum Gasteiger partial charge on any atom is -0.481 e. The summed E-state index contributed by atoms with van der Waals surface area (Å²) in [5.41, 5.74) is 0.944. The molecule has 0 radical (unpaired) electrons. The number of likely N-dealkylation sites (N-methyl/N-ethyl adjacent to an activating group) is 1. The number of aliphatic hydroxyl groups is 1. The van der Waals surface area contributed by atoms with E-state index < -0.39 is 24.4 Å². The maximum Gasteiger partial charge on any atom is 0.315 e. The Hall–Kier alpha value is -3.01. The molecular weight excluding hydrogens is 540 g/mol. The summed E-state index contributed by atoms with van der Waals surface area (Å²) in [6.45, 7) is 1.05. The van der Waals surface area contributed by atoms with E-state index in [4.69, 9.17) is 9.84 Å². The Morgan fingerprint density at radius 1 is 1.23 bits per heavy atom. The number of amides is 3. The molecule has 218 valence electrons. The van der Waals surface area contributed by atoms with Crippen LogP contribution in [0, 0.1) is 0 Å². The third kappa shape index (κ3) is 6.65. The number of carboxylic acid groups (broad SMARTS) is 1. The van der Waals surface area contributed by atoms with Gasteiger partial charge >= 0.3 is 12.0 Å². The number of imidazole rings is 1. The van der Waals surface area contributed by atoms with Gasteiger partial charge in [0.2, 0.25) is 5.91 Å². The van der Waals surface area contributed by atoms with Gasteiger partial charge in [0.25, 0.3) is 0 Å². The van der Waals surface area contributed by atoms with Gasteiger partial charge in [-0.05, 0) is 32.9 Å². The van der Waals surface area contributed by atoms with Crippen molar-refractivity contribution in [2.75, 3.05) is 31.2 Å². The number of aliphatic hydroxyl groups excluding tert-OH is 1. The zero-order valence-electron chi connectivity index (χ0n) is 22.4. The van der Waals surface area contributed by atoms with E-state index in [1.54, 1.807) is 10.9 Å². The standard InChI is InChI=1S/C25H36N8O6S/c1-32(8-4-7-20(36)37)10-16-15(34)9-19(39-16)33-13-28-22-23(26-12-27-24(22)33)30-18(35)6-3-2-5-17-21-14(11-40-17)29-25(38)31-21/h12-17,19,21,34H,2-11H2,1H3,(H,36,37)(H2,29,31,38)(H,26,27,30,35)/t14-,15-,16+,17-,19+,21-/m0/s1. The molecule has 2 aromatic heterocycles. The van der Waals surface area contributed by atoms with Gasteiger partial charge in [-0.25, -0.2) is 19.7 Å². The predicted octanol–water partition coefficient (Wildman–Crippen LogP) is 0.936. The van der Waals surface area contributed by atoms with Crippen LogP contribution in [0.25, 0.3) is 11.2 Å². The van der Waals surface area contributed by atoms with Gasteiger partial charge in [-0.3, -0.25) is 14.2 Å². The Morgan fingerprint density at radius 3 is 2.90 bits per heavy atom. The number of carbonyl (C=O) groups is 3. The number of urea groups is 1. The molecule has 0 aromatic carbocycles. The van der Waals surface area contributed by atoms with Crippen molar-refractivity contribution in [3.63, 3.8) is 0 Å². The van der Waals surface area contributed by atoms with Gasteiger partial charge in [-0.2, -0.15) is 11.8 Å². The fourth-order valence-electron chi connectivity index (χ4n) is 5.57. The maximum absolute atomic E-state index is 12.7. The number of nitrogens with one attached hydrogen (secondary N) is 3. The SMILES string of the molecule is CN(CCCC(=O)O)C[C@H]1O[C@@H](n2cnc3c(NC(=O)CCCC[C@@H]4SC[C@@H]5NC(=O)N[C@@H]54)ncnc32)C[C@@H]1O. The number of rotatable bonds is 13. The number of carbonyl (C=O) groups excluding carboxylic acids is 2. The Morgan fingerprint density at radius 2 is 2.08 bits per heavy atom. The molecule has 0 aliphatic carbocycles. The number of carboxylic acids is 1. The van der Waals surface area contributed by atoms with E-state index in [9.17, 15) is 19.5 Å². The lowest BCUT2D eigenvalue weighted by Crippen LogP contribution is -2.36. The Kier molecular flexibility index (Phi) is 9.03. The highest BCUT2D eigenvalue weighted by Crippen LogP contribution is 2.34. The number of hydrogen-bond acceptors (Lipinski definition) is 10. The van der Waals surface area contributed by atoms with Crippen molar-refractivity contribution >= 4 is 46.7 Å². The molecule has 0 saturated carbocycles. The fourth-order valence-corrected chi connectivity index (χ4v) is 7.12. The van der Waals surface area contributed by atoms with Gasteiger partial charge in [0, 0.05) is 36.8 Å². The van der Waals surface area contributed by atoms with E-state index in [0.717, 1.165) is 25.0 Å². The van der Waals surface area contributed by atoms with E-state index in [1.165, 1.54) is 6.33 Å². The number of fused-ring (bicyclic) bond motifs is 2. The van der Waals surface area contributed by atoms with Gasteiger partial charge in [0.1, 0.15) is 12.6 Å². The quantitative estimate of drug-likeness (QED) is 0.169. The number of hydrogen-bond donors (Lipinski definition) is 5. The van der Waals surface area contributed by atoms with Crippen LogP contribution in [0.3, 0.4) is 0 Å². The summed E-state index contributed by atoms with van der Waals surface area (Å²) in [5.74, 6) is 0.268. The molecule has 3 saturated heterocycles. The molecule has 0 unspecified atom stereocenters. The van der Waals surface area contributed by atoms with Crippen LogP contribution < -0.4 is 16.0 Å². The van der Waals surface area contributed by atoms with Crippen molar-refractivity contribution in [2.24, 2.45) is 0 Å². The molecule has 6 atom stereocenters. The number of thioether (sulfide) groups is 1. The lowest BCUT2D eigenvalue weighted by Gasteiger charge is -2.22. The van der Waals surface area contributed by atoms with Crippen molar-refractivity contribution in [3.05, 3.63) is 12.7 Å². The van der Waals surface area contributed by atoms with Crippen LogP contribution >= 0.6 is 11.8 Å². The maximum atomic E-state index is 12.7. The predicted molar refractivity (Wildman–Crippen MR) is 147 cm³/mol. The summed E-state index contributed by atoms with van der Waals surface area (Å²) in [6, 6.07) is 0.276. The van der Waals surface area contributed by atoms with Crippen LogP contribution in [0.4, 0.5) is 10.6 Å². The Balaban J connectivity index is 1.11. The molecule has 14 nitrogen and oxygen atoms in total. The van der Waals surface area contributed by atoms with E-state index in [2.05, 4.69) is 30.9 Å². The molecule has 0 spiro atoms. The van der Waals surface area contributed by atoms with Crippen LogP contribution in [-0.2, 0) is 14.3 Å². The lowest BCUT2D eigenvalue weighted by molar-refractivity contribution is -0.137. The first-order chi connectivity index (χ1) is 19.3. The number of unbranched alkanes of at least 4 members (excludes halogenated alkanes) is 1. The Bertz CT molecular complexity index is 1230. The first kappa shape index (κ1) is 28.5. The first-order valence-electron chi connectivity index (χ1n) is 13.7. The second-order valence-corrected chi connectivity index (χ2v) is 11.9. The second kappa shape index (κ2) is 12.7. The van der Waals surface area contributed by atoms with E-state index >= 15 is 0 Å². The molecule has 3 aliphatic heterocycles. The molecule has 15 heteroatoms. The molecule has 0 bridgehead atoms. The minimum atomic E-state index is -0.828. The van der Waals surface area contributed by atoms with Crippen molar-refractivity contribution in [1.82, 2.24) is 35.1 Å². The summed E-state index contributed by atoms with van der Waals surface area (Å²) in [4.78, 5) is 49.9. The largest absolute Gasteiger partial charge is 0.481 e. The van der Waals surface area contributed by atoms with Crippen molar-refractivity contribution in [1.29, 1.82) is 0 Å². The van der Waals surface area contributed by atoms with Crippen LogP contribution in [0.5, 0.6) is 0 Å². The minimum absolute atomic E-state index is 0.0913. The van der Waals surface area contributed by atoms with Crippen LogP contribution in [0.2, 0.25) is 0 Å². The van der Waals surface area contributed by atoms with Crippen LogP contribution in [-0.4, -0.2) is 108 Å². The monoisotopic (exact) mass is 576 g/mol. The zero-order valence-corrected chi connectivity index (χ0v) is 23.2. The molecule has 3 fully saturated rings. The van der Waals surface area contributed by atoms with Crippen LogP contribution in [0.15, 0.2) is 12.7 Å². The summed E-state index contributed by atoms with van der Waals surface area (Å²) in [5, 5.41) is 28.6. The third-order valence-corrected chi connectivity index (χ3v) is 9.14. The highest BCUT2D eigenvalue weighted by atomic mass is 32.2. The van der Waals surface area contributed by atoms with E-state index in [1.807, 2.05) is 23.7 Å². The summed E-state index contributed by atoms with van der Waals surface area (Å²) >= 11 is 1.87. The molecular formula is C25H36N8O6S. The normalized spacial score (nSPS) is 27.6. The highest BCUT2D eigenvalue weighted by Gasteiger charge is 2.42. The third-order valence-electron chi connectivity index (χ3n) is 7.63.